The first-order valence-corrected chi connectivity index (χ1v) is 4.83. The third-order valence-corrected chi connectivity index (χ3v) is 3.08. The summed E-state index contributed by atoms with van der Waals surface area (Å²) in [6, 6.07) is 0. The second-order valence-corrected chi connectivity index (χ2v) is 3.73. The molecule has 0 aromatic carbocycles. The van der Waals surface area contributed by atoms with E-state index in [0.29, 0.717) is 0 Å². The van der Waals surface area contributed by atoms with Gasteiger partial charge in [-0.05, 0) is 24.5 Å². The third kappa shape index (κ3) is 2.63. The van der Waals surface area contributed by atoms with Crippen LogP contribution in [0.4, 0.5) is 0 Å². The maximum absolute atomic E-state index is 4.60. The largest absolute Gasteiger partial charge is 0.163 e. The Morgan fingerprint density at radius 1 is 1.38 bits per heavy atom. The predicted molar refractivity (Wildman–Crippen MR) is 65.3 cm³/mol. The van der Waals surface area contributed by atoms with E-state index in [1.54, 1.807) is 6.08 Å². The summed E-state index contributed by atoms with van der Waals surface area (Å²) >= 11 is 4.60. The van der Waals surface area contributed by atoms with Crippen molar-refractivity contribution in [1.82, 2.24) is 0 Å². The fourth-order valence-corrected chi connectivity index (χ4v) is 1.33. The van der Waals surface area contributed by atoms with Crippen LogP contribution in [0.3, 0.4) is 0 Å². The van der Waals surface area contributed by atoms with Gasteiger partial charge in [0.1, 0.15) is 0 Å². The third-order valence-electron chi connectivity index (χ3n) is 2.19. The Bertz CT molecular complexity index is 248. The predicted octanol–water partition coefficient (Wildman–Crippen LogP) is 3.94. The molecule has 0 rings (SSSR count). The van der Waals surface area contributed by atoms with Crippen molar-refractivity contribution >= 4 is 12.6 Å². The van der Waals surface area contributed by atoms with Gasteiger partial charge in [0.2, 0.25) is 0 Å². The average molecular weight is 194 g/mol. The average Bonchev–Trinajstić information content (AvgIpc) is 2.15. The molecule has 0 N–H and O–H groups in total. The van der Waals surface area contributed by atoms with Crippen LogP contribution < -0.4 is 0 Å². The molecule has 0 aromatic heterocycles. The first-order valence-electron chi connectivity index (χ1n) is 4.39. The molecule has 0 heterocycles. The molecule has 1 heteroatoms. The molecule has 1 atom stereocenters. The smallest absolute Gasteiger partial charge is 0.0612 e. The Morgan fingerprint density at radius 2 is 1.92 bits per heavy atom. The molecule has 0 bridgehead atoms. The summed E-state index contributed by atoms with van der Waals surface area (Å²) in [7, 11) is 0. The second-order valence-electron chi connectivity index (χ2n) is 2.97. The van der Waals surface area contributed by atoms with E-state index in [1.165, 1.54) is 0 Å². The van der Waals surface area contributed by atoms with Crippen molar-refractivity contribution < 1.29 is 0 Å². The monoisotopic (exact) mass is 194 g/mol. The van der Waals surface area contributed by atoms with Crippen molar-refractivity contribution in [1.29, 1.82) is 0 Å². The van der Waals surface area contributed by atoms with E-state index in [4.69, 9.17) is 0 Å². The lowest BCUT2D eigenvalue weighted by atomic mass is 9.89. The van der Waals surface area contributed by atoms with Crippen LogP contribution in [0, 0.1) is 0 Å². The lowest BCUT2D eigenvalue weighted by Crippen LogP contribution is -2.23. The molecular weight excluding hydrogens is 176 g/mol. The van der Waals surface area contributed by atoms with E-state index in [9.17, 15) is 0 Å². The van der Waals surface area contributed by atoms with Crippen LogP contribution in [0.1, 0.15) is 20.3 Å². The highest BCUT2D eigenvalue weighted by atomic mass is 32.1. The summed E-state index contributed by atoms with van der Waals surface area (Å²) in [5, 5.41) is 0. The molecule has 0 aliphatic heterocycles. The first-order chi connectivity index (χ1) is 6.02. The topological polar surface area (TPSA) is 0 Å². The molecule has 72 valence electrons. The Balaban J connectivity index is 4.93. The van der Waals surface area contributed by atoms with E-state index >= 15 is 0 Å². The van der Waals surface area contributed by atoms with Gasteiger partial charge in [0, 0.05) is 0 Å². The fourth-order valence-electron chi connectivity index (χ4n) is 1.17. The van der Waals surface area contributed by atoms with Gasteiger partial charge in [-0.1, -0.05) is 44.9 Å². The molecule has 0 fully saturated rings. The molecule has 0 aromatic rings. The first kappa shape index (κ1) is 12.3. The Hall–Kier alpha value is -0.690. The van der Waals surface area contributed by atoms with Gasteiger partial charge in [-0.3, -0.25) is 0 Å². The van der Waals surface area contributed by atoms with Gasteiger partial charge in [0.05, 0.1) is 4.75 Å². The normalized spacial score (nSPS) is 15.3. The lowest BCUT2D eigenvalue weighted by Gasteiger charge is -2.28. The zero-order chi connectivity index (χ0) is 10.5. The summed E-state index contributed by atoms with van der Waals surface area (Å²) in [6.45, 7) is 15.6. The SMILES string of the molecule is C=CC(=C)C(S)(CC)C(=C)C=CC. The molecular formula is C12H18S. The highest BCUT2D eigenvalue weighted by molar-refractivity contribution is 7.82. The Morgan fingerprint density at radius 3 is 2.23 bits per heavy atom. The van der Waals surface area contributed by atoms with Crippen molar-refractivity contribution in [2.75, 3.05) is 0 Å². The molecule has 0 amide bonds. The number of allylic oxidation sites excluding steroid dienone is 3. The van der Waals surface area contributed by atoms with Gasteiger partial charge < -0.3 is 0 Å². The van der Waals surface area contributed by atoms with Crippen molar-refractivity contribution in [3.8, 4) is 0 Å². The van der Waals surface area contributed by atoms with Gasteiger partial charge in [0.15, 0.2) is 0 Å². The van der Waals surface area contributed by atoms with Crippen LogP contribution in [0.5, 0.6) is 0 Å². The summed E-state index contributed by atoms with van der Waals surface area (Å²) in [5.41, 5.74) is 1.87. The number of hydrogen-bond acceptors (Lipinski definition) is 1. The van der Waals surface area contributed by atoms with E-state index < -0.39 is 0 Å². The van der Waals surface area contributed by atoms with E-state index in [2.05, 4.69) is 39.3 Å². The maximum Gasteiger partial charge on any atom is 0.0612 e. The minimum atomic E-state index is -0.339. The van der Waals surface area contributed by atoms with Crippen LogP contribution in [0.2, 0.25) is 0 Å². The number of rotatable bonds is 5. The molecule has 0 aliphatic rings. The Kier molecular flexibility index (Phi) is 4.86. The van der Waals surface area contributed by atoms with Gasteiger partial charge in [-0.15, -0.1) is 0 Å². The molecule has 0 aliphatic carbocycles. The van der Waals surface area contributed by atoms with Gasteiger partial charge in [-0.25, -0.2) is 0 Å². The molecule has 0 spiro atoms. The lowest BCUT2D eigenvalue weighted by molar-refractivity contribution is 0.781. The van der Waals surface area contributed by atoms with Gasteiger partial charge >= 0.3 is 0 Å². The minimum Gasteiger partial charge on any atom is -0.163 e. The molecule has 0 radical (unpaired) electrons. The second kappa shape index (κ2) is 5.13. The summed E-state index contributed by atoms with van der Waals surface area (Å²) < 4.78 is -0.339. The van der Waals surface area contributed by atoms with Crippen LogP contribution in [0.25, 0.3) is 0 Å². The summed E-state index contributed by atoms with van der Waals surface area (Å²) in [5.74, 6) is 0. The zero-order valence-electron chi connectivity index (χ0n) is 8.51. The quantitative estimate of drug-likeness (QED) is 0.497. The highest BCUT2D eigenvalue weighted by Gasteiger charge is 2.26. The molecule has 0 saturated heterocycles. The maximum atomic E-state index is 4.60. The van der Waals surface area contributed by atoms with Crippen molar-refractivity contribution in [2.24, 2.45) is 0 Å². The molecule has 0 saturated carbocycles. The van der Waals surface area contributed by atoms with Crippen molar-refractivity contribution in [3.63, 3.8) is 0 Å². The van der Waals surface area contributed by atoms with Crippen LogP contribution in [-0.2, 0) is 0 Å². The zero-order valence-corrected chi connectivity index (χ0v) is 9.40. The molecule has 1 unspecified atom stereocenters. The van der Waals surface area contributed by atoms with Crippen molar-refractivity contribution in [3.05, 3.63) is 49.1 Å². The van der Waals surface area contributed by atoms with Gasteiger partial charge in [-0.2, -0.15) is 12.6 Å². The summed E-state index contributed by atoms with van der Waals surface area (Å²) in [4.78, 5) is 0. The van der Waals surface area contributed by atoms with Crippen LogP contribution >= 0.6 is 12.6 Å². The molecule has 13 heavy (non-hydrogen) atoms. The minimum absolute atomic E-state index is 0.339. The van der Waals surface area contributed by atoms with E-state index in [-0.39, 0.29) is 4.75 Å². The number of thiol groups is 1. The standard InChI is InChI=1S/C12H18S/c1-6-9-11(5)12(13,8-3)10(4)7-2/h6-7,9,13H,2,4-5,8H2,1,3H3. The Labute approximate surface area is 87.2 Å². The summed E-state index contributed by atoms with van der Waals surface area (Å²) in [6.07, 6.45) is 6.53. The van der Waals surface area contributed by atoms with Gasteiger partial charge in [0.25, 0.3) is 0 Å². The van der Waals surface area contributed by atoms with Crippen LogP contribution in [0.15, 0.2) is 49.1 Å². The number of hydrogen-bond donors (Lipinski definition) is 1. The van der Waals surface area contributed by atoms with Crippen LogP contribution in [-0.4, -0.2) is 4.75 Å². The van der Waals surface area contributed by atoms with E-state index in [1.807, 2.05) is 19.1 Å². The van der Waals surface area contributed by atoms with Crippen molar-refractivity contribution in [2.45, 2.75) is 25.0 Å². The highest BCUT2D eigenvalue weighted by Crippen LogP contribution is 2.35. The fraction of sp³-hybridized carbons (Fsp3) is 0.333. The van der Waals surface area contributed by atoms with E-state index in [0.717, 1.165) is 17.6 Å². The molecule has 0 nitrogen and oxygen atoms in total.